The lowest BCUT2D eigenvalue weighted by Gasteiger charge is -2.09. The molecule has 0 N–H and O–H groups in total. The molecule has 2 rings (SSSR count). The first-order chi connectivity index (χ1) is 7.65. The van der Waals surface area contributed by atoms with E-state index < -0.39 is 0 Å². The molecule has 16 heavy (non-hydrogen) atoms. The van der Waals surface area contributed by atoms with Crippen molar-refractivity contribution >= 4 is 11.9 Å². The largest absolute Gasteiger partial charge is 0.278 e. The standard InChI is InChI=1S/C11H14N4O/c1-4-8-6-10(16)15(7-8)11-12-9(5-2)14(3)13-11/h1,8H,5-7H2,2-3H3. The molecule has 1 saturated heterocycles. The van der Waals surface area contributed by atoms with Gasteiger partial charge in [0.2, 0.25) is 5.91 Å². The topological polar surface area (TPSA) is 51.0 Å². The minimum Gasteiger partial charge on any atom is -0.278 e. The highest BCUT2D eigenvalue weighted by Crippen LogP contribution is 2.21. The maximum absolute atomic E-state index is 11.7. The van der Waals surface area contributed by atoms with Gasteiger partial charge in [0.25, 0.3) is 5.95 Å². The molecule has 1 aliphatic heterocycles. The van der Waals surface area contributed by atoms with Crippen molar-refractivity contribution in [2.75, 3.05) is 11.4 Å². The third-order valence-electron chi connectivity index (χ3n) is 2.76. The van der Waals surface area contributed by atoms with Crippen LogP contribution in [0.1, 0.15) is 19.2 Å². The number of carbonyl (C=O) groups excluding carboxylic acids is 1. The van der Waals surface area contributed by atoms with E-state index in [4.69, 9.17) is 6.42 Å². The molecule has 0 radical (unpaired) electrons. The second-order valence-electron chi connectivity index (χ2n) is 3.88. The van der Waals surface area contributed by atoms with Crippen molar-refractivity contribution in [2.45, 2.75) is 19.8 Å². The van der Waals surface area contributed by atoms with Crippen LogP contribution in [0.2, 0.25) is 0 Å². The minimum absolute atomic E-state index is 0.0104. The summed E-state index contributed by atoms with van der Waals surface area (Å²) in [4.78, 5) is 17.6. The Morgan fingerprint density at radius 1 is 1.62 bits per heavy atom. The van der Waals surface area contributed by atoms with Crippen molar-refractivity contribution in [3.63, 3.8) is 0 Å². The first kappa shape index (κ1) is 10.7. The Kier molecular flexibility index (Phi) is 2.65. The summed E-state index contributed by atoms with van der Waals surface area (Å²) >= 11 is 0. The van der Waals surface area contributed by atoms with Crippen LogP contribution in [0.4, 0.5) is 5.95 Å². The molecular weight excluding hydrogens is 204 g/mol. The highest BCUT2D eigenvalue weighted by Gasteiger charge is 2.31. The lowest BCUT2D eigenvalue weighted by atomic mass is 10.1. The van der Waals surface area contributed by atoms with Crippen molar-refractivity contribution in [1.82, 2.24) is 14.8 Å². The molecule has 0 spiro atoms. The lowest BCUT2D eigenvalue weighted by Crippen LogP contribution is -2.25. The number of aryl methyl sites for hydroxylation is 2. The number of terminal acetylenes is 1. The quantitative estimate of drug-likeness (QED) is 0.674. The molecule has 1 aliphatic rings. The van der Waals surface area contributed by atoms with Gasteiger partial charge >= 0.3 is 0 Å². The van der Waals surface area contributed by atoms with Crippen LogP contribution in [0.5, 0.6) is 0 Å². The normalized spacial score (nSPS) is 20.2. The van der Waals surface area contributed by atoms with Gasteiger partial charge in [0, 0.05) is 32.4 Å². The molecule has 0 bridgehead atoms. The molecule has 0 aromatic carbocycles. The summed E-state index contributed by atoms with van der Waals surface area (Å²) < 4.78 is 1.70. The first-order valence-electron chi connectivity index (χ1n) is 5.32. The van der Waals surface area contributed by atoms with Crippen LogP contribution in [0.15, 0.2) is 0 Å². The van der Waals surface area contributed by atoms with Crippen molar-refractivity contribution in [1.29, 1.82) is 0 Å². The molecule has 2 heterocycles. The van der Waals surface area contributed by atoms with E-state index >= 15 is 0 Å². The highest BCUT2D eigenvalue weighted by atomic mass is 16.2. The average molecular weight is 218 g/mol. The van der Waals surface area contributed by atoms with E-state index in [1.807, 2.05) is 14.0 Å². The highest BCUT2D eigenvalue weighted by molar-refractivity contribution is 5.94. The van der Waals surface area contributed by atoms with Gasteiger partial charge in [-0.05, 0) is 0 Å². The van der Waals surface area contributed by atoms with Crippen LogP contribution in [-0.2, 0) is 18.3 Å². The fraction of sp³-hybridized carbons (Fsp3) is 0.545. The Morgan fingerprint density at radius 3 is 2.88 bits per heavy atom. The van der Waals surface area contributed by atoms with Gasteiger partial charge in [0.05, 0.1) is 0 Å². The average Bonchev–Trinajstić information content (AvgIpc) is 2.81. The van der Waals surface area contributed by atoms with Crippen LogP contribution < -0.4 is 4.90 Å². The Balaban J connectivity index is 2.25. The van der Waals surface area contributed by atoms with E-state index in [9.17, 15) is 4.79 Å². The van der Waals surface area contributed by atoms with E-state index in [0.29, 0.717) is 18.9 Å². The van der Waals surface area contributed by atoms with Crippen molar-refractivity contribution in [2.24, 2.45) is 13.0 Å². The number of hydrogen-bond acceptors (Lipinski definition) is 3. The number of rotatable bonds is 2. The fourth-order valence-electron chi connectivity index (χ4n) is 1.84. The van der Waals surface area contributed by atoms with Gasteiger partial charge in [0.15, 0.2) is 0 Å². The van der Waals surface area contributed by atoms with Gasteiger partial charge in [-0.15, -0.1) is 17.4 Å². The summed E-state index contributed by atoms with van der Waals surface area (Å²) in [6.45, 7) is 2.53. The minimum atomic E-state index is -0.0126. The molecular formula is C11H14N4O. The Labute approximate surface area is 94.5 Å². The molecule has 1 aromatic rings. The Morgan fingerprint density at radius 2 is 2.38 bits per heavy atom. The van der Waals surface area contributed by atoms with Crippen molar-refractivity contribution < 1.29 is 4.79 Å². The van der Waals surface area contributed by atoms with E-state index in [1.165, 1.54) is 0 Å². The maximum atomic E-state index is 11.7. The van der Waals surface area contributed by atoms with E-state index in [2.05, 4.69) is 16.0 Å². The second-order valence-corrected chi connectivity index (χ2v) is 3.88. The number of hydrogen-bond donors (Lipinski definition) is 0. The van der Waals surface area contributed by atoms with Gasteiger partial charge in [-0.2, -0.15) is 4.98 Å². The summed E-state index contributed by atoms with van der Waals surface area (Å²) in [6, 6.07) is 0. The Hall–Kier alpha value is -1.83. The van der Waals surface area contributed by atoms with Crippen LogP contribution in [0, 0.1) is 18.3 Å². The van der Waals surface area contributed by atoms with Gasteiger partial charge in [-0.1, -0.05) is 6.92 Å². The number of aromatic nitrogens is 3. The van der Waals surface area contributed by atoms with E-state index in [-0.39, 0.29) is 11.8 Å². The predicted molar refractivity (Wildman–Crippen MR) is 59.7 cm³/mol. The number of carbonyl (C=O) groups is 1. The predicted octanol–water partition coefficient (Wildman–Crippen LogP) is 0.364. The van der Waals surface area contributed by atoms with Crippen LogP contribution in [-0.4, -0.2) is 27.2 Å². The summed E-state index contributed by atoms with van der Waals surface area (Å²) in [5, 5.41) is 4.22. The third-order valence-corrected chi connectivity index (χ3v) is 2.76. The summed E-state index contributed by atoms with van der Waals surface area (Å²) in [6.07, 6.45) is 6.52. The Bertz CT molecular complexity index is 457. The molecule has 0 saturated carbocycles. The van der Waals surface area contributed by atoms with E-state index in [0.717, 1.165) is 12.2 Å². The fourth-order valence-corrected chi connectivity index (χ4v) is 1.84. The van der Waals surface area contributed by atoms with E-state index in [1.54, 1.807) is 9.58 Å². The van der Waals surface area contributed by atoms with Crippen molar-refractivity contribution in [3.05, 3.63) is 5.82 Å². The molecule has 1 amide bonds. The number of anilines is 1. The summed E-state index contributed by atoms with van der Waals surface area (Å²) in [5.74, 6) is 3.94. The molecule has 84 valence electrons. The third kappa shape index (κ3) is 1.67. The number of amides is 1. The second kappa shape index (κ2) is 3.97. The molecule has 5 nitrogen and oxygen atoms in total. The van der Waals surface area contributed by atoms with Crippen molar-refractivity contribution in [3.8, 4) is 12.3 Å². The number of nitrogens with zero attached hydrogens (tertiary/aromatic N) is 4. The first-order valence-corrected chi connectivity index (χ1v) is 5.32. The van der Waals surface area contributed by atoms with Gasteiger partial charge < -0.3 is 0 Å². The van der Waals surface area contributed by atoms with Crippen LogP contribution in [0.3, 0.4) is 0 Å². The summed E-state index contributed by atoms with van der Waals surface area (Å²) in [7, 11) is 1.83. The van der Waals surface area contributed by atoms with Gasteiger partial charge in [-0.25, -0.2) is 0 Å². The van der Waals surface area contributed by atoms with Crippen LogP contribution in [0.25, 0.3) is 0 Å². The smallest absolute Gasteiger partial charge is 0.251 e. The molecule has 1 unspecified atom stereocenters. The molecule has 5 heteroatoms. The molecule has 1 fully saturated rings. The van der Waals surface area contributed by atoms with Crippen LogP contribution >= 0.6 is 0 Å². The molecule has 1 atom stereocenters. The molecule has 0 aliphatic carbocycles. The zero-order valence-electron chi connectivity index (χ0n) is 9.47. The monoisotopic (exact) mass is 218 g/mol. The zero-order valence-corrected chi connectivity index (χ0v) is 9.47. The van der Waals surface area contributed by atoms with Gasteiger partial charge in [0.1, 0.15) is 5.82 Å². The maximum Gasteiger partial charge on any atom is 0.251 e. The summed E-state index contributed by atoms with van der Waals surface area (Å²) in [5.41, 5.74) is 0. The lowest BCUT2D eigenvalue weighted by molar-refractivity contribution is -0.117. The molecule has 1 aromatic heterocycles. The zero-order chi connectivity index (χ0) is 11.7. The van der Waals surface area contributed by atoms with Gasteiger partial charge in [-0.3, -0.25) is 14.4 Å². The SMILES string of the molecule is C#CC1CC(=O)N(c2nc(CC)n(C)n2)C1.